The summed E-state index contributed by atoms with van der Waals surface area (Å²) in [5, 5.41) is 5.38. The number of nitrogens with one attached hydrogen (secondary N) is 2. The Morgan fingerprint density at radius 3 is 2.63 bits per heavy atom. The SMILES string of the molecule is CCN1CCc2ccc(NC(=O)CN3C(=O)NC(C)(c4ccc(F)cc4)C3=O)cc21. The molecule has 2 aromatic rings. The lowest BCUT2D eigenvalue weighted by Crippen LogP contribution is -2.42. The molecule has 4 amide bonds. The number of carbonyl (C=O) groups is 3. The van der Waals surface area contributed by atoms with Crippen molar-refractivity contribution in [2.75, 3.05) is 29.9 Å². The highest BCUT2D eigenvalue weighted by molar-refractivity contribution is 6.10. The van der Waals surface area contributed by atoms with Crippen LogP contribution in [0.15, 0.2) is 42.5 Å². The van der Waals surface area contributed by atoms with Crippen LogP contribution in [0.25, 0.3) is 0 Å². The van der Waals surface area contributed by atoms with Crippen molar-refractivity contribution in [3.63, 3.8) is 0 Å². The van der Waals surface area contributed by atoms with E-state index in [0.29, 0.717) is 11.3 Å². The Morgan fingerprint density at radius 1 is 1.20 bits per heavy atom. The fraction of sp³-hybridized carbons (Fsp3) is 0.318. The number of likely N-dealkylation sites (N-methyl/N-ethyl adjacent to an activating group) is 1. The van der Waals surface area contributed by atoms with Gasteiger partial charge in [0.1, 0.15) is 17.9 Å². The average Bonchev–Trinajstić information content (AvgIpc) is 3.22. The number of hydrogen-bond donors (Lipinski definition) is 2. The minimum atomic E-state index is -1.35. The Bertz CT molecular complexity index is 1020. The van der Waals surface area contributed by atoms with Crippen LogP contribution in [0.2, 0.25) is 0 Å². The van der Waals surface area contributed by atoms with Gasteiger partial charge in [-0.15, -0.1) is 0 Å². The molecular formula is C22H23FN4O3. The summed E-state index contributed by atoms with van der Waals surface area (Å²) in [6.07, 6.45) is 0.974. The minimum absolute atomic E-state index is 0.407. The van der Waals surface area contributed by atoms with Crippen molar-refractivity contribution in [2.24, 2.45) is 0 Å². The molecule has 0 aromatic heterocycles. The molecule has 2 heterocycles. The van der Waals surface area contributed by atoms with Gasteiger partial charge >= 0.3 is 6.03 Å². The molecule has 0 spiro atoms. The number of nitrogens with zero attached hydrogens (tertiary/aromatic N) is 2. The van der Waals surface area contributed by atoms with E-state index in [1.54, 1.807) is 0 Å². The standard InChI is InChI=1S/C22H23FN4O3/c1-3-26-11-10-14-4-9-17(12-18(14)26)24-19(28)13-27-20(29)22(2,25-21(27)30)15-5-7-16(23)8-6-15/h4-9,12H,3,10-11,13H2,1-2H3,(H,24,28)(H,25,30). The Morgan fingerprint density at radius 2 is 1.93 bits per heavy atom. The summed E-state index contributed by atoms with van der Waals surface area (Å²) in [6.45, 7) is 5.05. The van der Waals surface area contributed by atoms with Crippen molar-refractivity contribution in [2.45, 2.75) is 25.8 Å². The topological polar surface area (TPSA) is 81.8 Å². The molecule has 2 aliphatic rings. The van der Waals surface area contributed by atoms with E-state index in [2.05, 4.69) is 22.5 Å². The van der Waals surface area contributed by atoms with E-state index in [-0.39, 0.29) is 0 Å². The van der Waals surface area contributed by atoms with Crippen LogP contribution in [0, 0.1) is 5.82 Å². The summed E-state index contributed by atoms with van der Waals surface area (Å²) >= 11 is 0. The van der Waals surface area contributed by atoms with Crippen LogP contribution < -0.4 is 15.5 Å². The highest BCUT2D eigenvalue weighted by atomic mass is 19.1. The van der Waals surface area contributed by atoms with E-state index in [4.69, 9.17) is 0 Å². The molecule has 2 N–H and O–H groups in total. The van der Waals surface area contributed by atoms with Gasteiger partial charge < -0.3 is 15.5 Å². The van der Waals surface area contributed by atoms with Gasteiger partial charge in [-0.2, -0.15) is 0 Å². The molecule has 1 fully saturated rings. The molecule has 156 valence electrons. The van der Waals surface area contributed by atoms with Crippen molar-refractivity contribution >= 4 is 29.2 Å². The van der Waals surface area contributed by atoms with E-state index in [9.17, 15) is 18.8 Å². The summed E-state index contributed by atoms with van der Waals surface area (Å²) in [4.78, 5) is 41.0. The molecule has 1 unspecified atom stereocenters. The van der Waals surface area contributed by atoms with Crippen molar-refractivity contribution in [3.8, 4) is 0 Å². The molecule has 7 nitrogen and oxygen atoms in total. The molecule has 2 aliphatic heterocycles. The number of amides is 4. The predicted molar refractivity (Wildman–Crippen MR) is 111 cm³/mol. The third kappa shape index (κ3) is 3.38. The van der Waals surface area contributed by atoms with Crippen LogP contribution in [0.1, 0.15) is 25.0 Å². The maximum atomic E-state index is 13.2. The van der Waals surface area contributed by atoms with Crippen LogP contribution >= 0.6 is 0 Å². The molecule has 30 heavy (non-hydrogen) atoms. The van der Waals surface area contributed by atoms with E-state index >= 15 is 0 Å². The van der Waals surface area contributed by atoms with E-state index in [1.165, 1.54) is 36.8 Å². The average molecular weight is 410 g/mol. The Labute approximate surface area is 173 Å². The van der Waals surface area contributed by atoms with Gasteiger partial charge in [0.2, 0.25) is 5.91 Å². The number of halogens is 1. The molecule has 0 radical (unpaired) electrons. The van der Waals surface area contributed by atoms with E-state index < -0.39 is 35.7 Å². The fourth-order valence-electron chi connectivity index (χ4n) is 4.02. The molecule has 8 heteroatoms. The fourth-order valence-corrected chi connectivity index (χ4v) is 4.02. The van der Waals surface area contributed by atoms with Gasteiger partial charge in [-0.25, -0.2) is 9.18 Å². The van der Waals surface area contributed by atoms with Gasteiger partial charge in [-0.1, -0.05) is 18.2 Å². The number of hydrogen-bond acceptors (Lipinski definition) is 4. The maximum absolute atomic E-state index is 13.2. The number of anilines is 2. The zero-order chi connectivity index (χ0) is 21.5. The van der Waals surface area contributed by atoms with Crippen molar-refractivity contribution < 1.29 is 18.8 Å². The zero-order valence-corrected chi connectivity index (χ0v) is 16.9. The second-order valence-electron chi connectivity index (χ2n) is 7.67. The molecule has 0 aliphatic carbocycles. The second kappa shape index (κ2) is 7.44. The van der Waals surface area contributed by atoms with Crippen LogP contribution in [-0.4, -0.2) is 42.4 Å². The summed E-state index contributed by atoms with van der Waals surface area (Å²) < 4.78 is 13.2. The monoisotopic (exact) mass is 410 g/mol. The first-order valence-corrected chi connectivity index (χ1v) is 9.89. The molecule has 2 aromatic carbocycles. The minimum Gasteiger partial charge on any atom is -0.371 e. The summed E-state index contributed by atoms with van der Waals surface area (Å²) in [7, 11) is 0. The molecule has 1 saturated heterocycles. The highest BCUT2D eigenvalue weighted by Gasteiger charge is 2.49. The van der Waals surface area contributed by atoms with Gasteiger partial charge in [0, 0.05) is 24.5 Å². The first kappa shape index (κ1) is 19.9. The van der Waals surface area contributed by atoms with Crippen molar-refractivity contribution in [3.05, 3.63) is 59.4 Å². The lowest BCUT2D eigenvalue weighted by molar-refractivity contribution is -0.133. The Balaban J connectivity index is 1.47. The number of benzene rings is 2. The quantitative estimate of drug-likeness (QED) is 0.743. The third-order valence-corrected chi connectivity index (χ3v) is 5.74. The van der Waals surface area contributed by atoms with Crippen LogP contribution in [0.5, 0.6) is 0 Å². The number of urea groups is 1. The number of carbonyl (C=O) groups excluding carboxylic acids is 3. The van der Waals surface area contributed by atoms with Gasteiger partial charge in [0.25, 0.3) is 5.91 Å². The van der Waals surface area contributed by atoms with Crippen molar-refractivity contribution in [1.82, 2.24) is 10.2 Å². The van der Waals surface area contributed by atoms with Crippen LogP contribution in [0.4, 0.5) is 20.6 Å². The van der Waals surface area contributed by atoms with E-state index in [1.807, 2.05) is 18.2 Å². The van der Waals surface area contributed by atoms with Crippen LogP contribution in [0.3, 0.4) is 0 Å². The van der Waals surface area contributed by atoms with Gasteiger partial charge in [0.15, 0.2) is 0 Å². The summed E-state index contributed by atoms with van der Waals surface area (Å²) in [5.41, 5.74) is 2.05. The van der Waals surface area contributed by atoms with Gasteiger partial charge in [-0.05, 0) is 55.7 Å². The highest BCUT2D eigenvalue weighted by Crippen LogP contribution is 2.31. The normalized spacial score (nSPS) is 20.4. The number of fused-ring (bicyclic) bond motifs is 1. The third-order valence-electron chi connectivity index (χ3n) is 5.74. The smallest absolute Gasteiger partial charge is 0.325 e. The van der Waals surface area contributed by atoms with Crippen molar-refractivity contribution in [1.29, 1.82) is 0 Å². The Hall–Kier alpha value is -3.42. The van der Waals surface area contributed by atoms with Crippen LogP contribution in [-0.2, 0) is 21.5 Å². The lowest BCUT2D eigenvalue weighted by atomic mass is 9.92. The van der Waals surface area contributed by atoms with E-state index in [0.717, 1.165) is 30.1 Å². The lowest BCUT2D eigenvalue weighted by Gasteiger charge is -2.22. The first-order valence-electron chi connectivity index (χ1n) is 9.89. The number of rotatable bonds is 5. The van der Waals surface area contributed by atoms with Gasteiger partial charge in [-0.3, -0.25) is 14.5 Å². The molecule has 1 atom stereocenters. The van der Waals surface area contributed by atoms with Gasteiger partial charge in [0.05, 0.1) is 0 Å². The predicted octanol–water partition coefficient (Wildman–Crippen LogP) is 2.61. The zero-order valence-electron chi connectivity index (χ0n) is 16.9. The molecule has 0 bridgehead atoms. The molecule has 0 saturated carbocycles. The second-order valence-corrected chi connectivity index (χ2v) is 7.67. The largest absolute Gasteiger partial charge is 0.371 e. The number of imide groups is 1. The summed E-state index contributed by atoms with van der Waals surface area (Å²) in [6, 6.07) is 10.4. The summed E-state index contributed by atoms with van der Waals surface area (Å²) in [5.74, 6) is -1.46. The molecule has 4 rings (SSSR count). The maximum Gasteiger partial charge on any atom is 0.325 e. The Kier molecular flexibility index (Phi) is 4.93. The molecular weight excluding hydrogens is 387 g/mol. The first-order chi connectivity index (χ1) is 14.3.